The molecule has 1 amide bonds. The number of thiazole rings is 1. The van der Waals surface area contributed by atoms with Gasteiger partial charge in [0, 0.05) is 11.3 Å². The van der Waals surface area contributed by atoms with Crippen molar-refractivity contribution in [2.45, 2.75) is 6.92 Å². The van der Waals surface area contributed by atoms with E-state index in [9.17, 15) is 4.79 Å². The number of benzene rings is 3. The van der Waals surface area contributed by atoms with E-state index in [0.29, 0.717) is 5.75 Å². The molecule has 0 saturated carbocycles. The van der Waals surface area contributed by atoms with Gasteiger partial charge in [-0.1, -0.05) is 30.3 Å². The third-order valence-corrected chi connectivity index (χ3v) is 5.24. The van der Waals surface area contributed by atoms with E-state index in [0.717, 1.165) is 27.3 Å². The lowest BCUT2D eigenvalue weighted by Crippen LogP contribution is -2.20. The van der Waals surface area contributed by atoms with Crippen molar-refractivity contribution in [3.8, 4) is 16.3 Å². The van der Waals surface area contributed by atoms with Crippen LogP contribution in [0.2, 0.25) is 0 Å². The molecule has 1 N–H and O–H groups in total. The molecule has 0 spiro atoms. The van der Waals surface area contributed by atoms with Crippen molar-refractivity contribution >= 4 is 33.1 Å². The highest BCUT2D eigenvalue weighted by Gasteiger charge is 2.10. The van der Waals surface area contributed by atoms with Crippen molar-refractivity contribution in [1.29, 1.82) is 0 Å². The number of carbonyl (C=O) groups excluding carboxylic acids is 1. The third-order valence-electron chi connectivity index (χ3n) is 4.15. The Morgan fingerprint density at radius 2 is 1.81 bits per heavy atom. The maximum Gasteiger partial charge on any atom is 0.262 e. The standard InChI is InChI=1S/C22H18N2O2S/c1-15-13-16(22-24-19-9-5-6-10-20(19)27-22)11-12-18(15)23-21(25)14-26-17-7-3-2-4-8-17/h2-13H,14H2,1H3,(H,23,25). The van der Waals surface area contributed by atoms with Gasteiger partial charge in [-0.05, 0) is 55.0 Å². The molecule has 27 heavy (non-hydrogen) atoms. The average Bonchev–Trinajstić information content (AvgIpc) is 3.13. The number of nitrogens with zero attached hydrogens (tertiary/aromatic N) is 1. The highest BCUT2D eigenvalue weighted by molar-refractivity contribution is 7.21. The number of rotatable bonds is 5. The number of aromatic nitrogens is 1. The van der Waals surface area contributed by atoms with Gasteiger partial charge in [0.2, 0.25) is 0 Å². The molecule has 0 aliphatic heterocycles. The monoisotopic (exact) mass is 374 g/mol. The maximum atomic E-state index is 12.2. The van der Waals surface area contributed by atoms with Gasteiger partial charge in [-0.15, -0.1) is 11.3 Å². The molecular formula is C22H18N2O2S. The minimum Gasteiger partial charge on any atom is -0.484 e. The van der Waals surface area contributed by atoms with Crippen LogP contribution in [0.25, 0.3) is 20.8 Å². The van der Waals surface area contributed by atoms with Gasteiger partial charge >= 0.3 is 0 Å². The van der Waals surface area contributed by atoms with Gasteiger partial charge in [0.25, 0.3) is 5.91 Å². The van der Waals surface area contributed by atoms with Crippen LogP contribution in [0, 0.1) is 6.92 Å². The van der Waals surface area contributed by atoms with Crippen LogP contribution in [0.3, 0.4) is 0 Å². The Morgan fingerprint density at radius 1 is 1.04 bits per heavy atom. The summed E-state index contributed by atoms with van der Waals surface area (Å²) in [5.74, 6) is 0.491. The molecule has 0 fully saturated rings. The molecule has 3 aromatic carbocycles. The van der Waals surface area contributed by atoms with Gasteiger partial charge in [0.15, 0.2) is 6.61 Å². The molecule has 5 heteroatoms. The predicted octanol–water partition coefficient (Wildman–Crippen LogP) is 5.29. The summed E-state index contributed by atoms with van der Waals surface area (Å²) in [6, 6.07) is 23.4. The predicted molar refractivity (Wildman–Crippen MR) is 110 cm³/mol. The van der Waals surface area contributed by atoms with E-state index in [1.54, 1.807) is 11.3 Å². The SMILES string of the molecule is Cc1cc(-c2nc3ccccc3s2)ccc1NC(=O)COc1ccccc1. The molecule has 4 aromatic rings. The Labute approximate surface area is 161 Å². The number of amides is 1. The minimum atomic E-state index is -0.185. The fourth-order valence-corrected chi connectivity index (χ4v) is 3.75. The summed E-state index contributed by atoms with van der Waals surface area (Å²) in [7, 11) is 0. The van der Waals surface area contributed by atoms with E-state index in [1.165, 1.54) is 4.70 Å². The molecular weight excluding hydrogens is 356 g/mol. The summed E-state index contributed by atoms with van der Waals surface area (Å²) >= 11 is 1.67. The average molecular weight is 374 g/mol. The summed E-state index contributed by atoms with van der Waals surface area (Å²) in [5, 5.41) is 3.88. The minimum absolute atomic E-state index is 0.0247. The van der Waals surface area contributed by atoms with Crippen molar-refractivity contribution in [1.82, 2.24) is 4.98 Å². The number of hydrogen-bond donors (Lipinski definition) is 1. The molecule has 1 aromatic heterocycles. The summed E-state index contributed by atoms with van der Waals surface area (Å²) < 4.78 is 6.65. The van der Waals surface area contributed by atoms with Crippen LogP contribution in [-0.2, 0) is 4.79 Å². The van der Waals surface area contributed by atoms with Gasteiger partial charge in [-0.25, -0.2) is 4.98 Å². The van der Waals surface area contributed by atoms with Gasteiger partial charge in [0.1, 0.15) is 10.8 Å². The van der Waals surface area contributed by atoms with Crippen molar-refractivity contribution in [2.75, 3.05) is 11.9 Å². The molecule has 0 saturated heterocycles. The summed E-state index contributed by atoms with van der Waals surface area (Å²) in [6.45, 7) is 1.95. The van der Waals surface area contributed by atoms with Crippen LogP contribution in [0.4, 0.5) is 5.69 Å². The molecule has 4 rings (SSSR count). The first kappa shape index (κ1) is 17.2. The van der Waals surface area contributed by atoms with Crippen molar-refractivity contribution in [3.05, 3.63) is 78.4 Å². The number of ether oxygens (including phenoxy) is 1. The van der Waals surface area contributed by atoms with Gasteiger partial charge in [0.05, 0.1) is 10.2 Å². The van der Waals surface area contributed by atoms with Crippen LogP contribution >= 0.6 is 11.3 Å². The lowest BCUT2D eigenvalue weighted by atomic mass is 10.1. The number of para-hydroxylation sites is 2. The smallest absolute Gasteiger partial charge is 0.262 e. The number of hydrogen-bond acceptors (Lipinski definition) is 4. The summed E-state index contributed by atoms with van der Waals surface area (Å²) in [4.78, 5) is 16.9. The van der Waals surface area contributed by atoms with E-state index in [1.807, 2.05) is 73.7 Å². The molecule has 0 atom stereocenters. The Bertz CT molecular complexity index is 1060. The van der Waals surface area contributed by atoms with Crippen molar-refractivity contribution < 1.29 is 9.53 Å². The Hall–Kier alpha value is -3.18. The Morgan fingerprint density at radius 3 is 2.59 bits per heavy atom. The van der Waals surface area contributed by atoms with Crippen LogP contribution in [-0.4, -0.2) is 17.5 Å². The van der Waals surface area contributed by atoms with E-state index in [-0.39, 0.29) is 12.5 Å². The third kappa shape index (κ3) is 3.99. The Balaban J connectivity index is 1.46. The zero-order valence-electron chi connectivity index (χ0n) is 14.8. The normalized spacial score (nSPS) is 10.7. The van der Waals surface area contributed by atoms with Crippen molar-refractivity contribution in [2.24, 2.45) is 0 Å². The first-order chi connectivity index (χ1) is 13.2. The molecule has 1 heterocycles. The van der Waals surface area contributed by atoms with Gasteiger partial charge in [-0.3, -0.25) is 4.79 Å². The zero-order valence-corrected chi connectivity index (χ0v) is 15.6. The van der Waals surface area contributed by atoms with Gasteiger partial charge < -0.3 is 10.1 Å². The van der Waals surface area contributed by atoms with E-state index < -0.39 is 0 Å². The second-order valence-electron chi connectivity index (χ2n) is 6.17. The molecule has 0 radical (unpaired) electrons. The lowest BCUT2D eigenvalue weighted by Gasteiger charge is -2.10. The number of anilines is 1. The topological polar surface area (TPSA) is 51.2 Å². The highest BCUT2D eigenvalue weighted by atomic mass is 32.1. The number of nitrogens with one attached hydrogen (secondary N) is 1. The fraction of sp³-hybridized carbons (Fsp3) is 0.0909. The molecule has 0 aliphatic rings. The highest BCUT2D eigenvalue weighted by Crippen LogP contribution is 2.31. The largest absolute Gasteiger partial charge is 0.484 e. The van der Waals surface area contributed by atoms with E-state index in [4.69, 9.17) is 4.74 Å². The maximum absolute atomic E-state index is 12.2. The van der Waals surface area contributed by atoms with Gasteiger partial charge in [-0.2, -0.15) is 0 Å². The van der Waals surface area contributed by atoms with Crippen LogP contribution in [0.1, 0.15) is 5.56 Å². The van der Waals surface area contributed by atoms with E-state index >= 15 is 0 Å². The second kappa shape index (κ2) is 7.60. The Kier molecular flexibility index (Phi) is 4.85. The quantitative estimate of drug-likeness (QED) is 0.516. The second-order valence-corrected chi connectivity index (χ2v) is 7.20. The first-order valence-corrected chi connectivity index (χ1v) is 9.45. The number of carbonyl (C=O) groups is 1. The fourth-order valence-electron chi connectivity index (χ4n) is 2.78. The molecule has 0 bridgehead atoms. The summed E-state index contributed by atoms with van der Waals surface area (Å²) in [5.41, 5.74) is 3.82. The molecule has 134 valence electrons. The van der Waals surface area contributed by atoms with Crippen LogP contribution in [0.15, 0.2) is 72.8 Å². The van der Waals surface area contributed by atoms with E-state index in [2.05, 4.69) is 16.4 Å². The molecule has 0 aliphatic carbocycles. The lowest BCUT2D eigenvalue weighted by molar-refractivity contribution is -0.118. The summed E-state index contributed by atoms with van der Waals surface area (Å²) in [6.07, 6.45) is 0. The zero-order chi connectivity index (χ0) is 18.6. The molecule has 0 unspecified atom stereocenters. The molecule has 4 nitrogen and oxygen atoms in total. The van der Waals surface area contributed by atoms with Crippen molar-refractivity contribution in [3.63, 3.8) is 0 Å². The van der Waals surface area contributed by atoms with Crippen LogP contribution < -0.4 is 10.1 Å². The number of fused-ring (bicyclic) bond motifs is 1. The number of aryl methyl sites for hydroxylation is 1. The first-order valence-electron chi connectivity index (χ1n) is 8.63. The van der Waals surface area contributed by atoms with Crippen LogP contribution in [0.5, 0.6) is 5.75 Å².